The number of allylic oxidation sites excluding steroid dienone is 2. The van der Waals surface area contributed by atoms with E-state index in [9.17, 15) is 36.8 Å². The molecule has 0 bridgehead atoms. The van der Waals surface area contributed by atoms with E-state index in [1.165, 1.54) is 17.0 Å². The van der Waals surface area contributed by atoms with Gasteiger partial charge in [0, 0.05) is 49.8 Å². The molecule has 0 radical (unpaired) electrons. The van der Waals surface area contributed by atoms with Crippen molar-refractivity contribution < 1.29 is 46.3 Å². The summed E-state index contributed by atoms with van der Waals surface area (Å²) in [5.74, 6) is -4.64. The van der Waals surface area contributed by atoms with Gasteiger partial charge >= 0.3 is 5.97 Å². The summed E-state index contributed by atoms with van der Waals surface area (Å²) in [5.41, 5.74) is 1.29. The average molecular weight is 774 g/mol. The monoisotopic (exact) mass is 773 g/mol. The van der Waals surface area contributed by atoms with E-state index in [-0.39, 0.29) is 69.1 Å². The molecule has 1 saturated carbocycles. The summed E-state index contributed by atoms with van der Waals surface area (Å²) in [4.78, 5) is 70.9. The molecular weight excluding hydrogens is 718 g/mol. The van der Waals surface area contributed by atoms with Crippen molar-refractivity contribution in [3.63, 3.8) is 0 Å². The van der Waals surface area contributed by atoms with Crippen molar-refractivity contribution in [2.75, 3.05) is 6.54 Å². The Morgan fingerprint density at radius 2 is 1.76 bits per heavy atom. The molecule has 2 fully saturated rings. The zero-order chi connectivity index (χ0) is 40.0. The molecule has 12 nitrogen and oxygen atoms in total. The zero-order valence-electron chi connectivity index (χ0n) is 32.5. The van der Waals surface area contributed by atoms with Crippen molar-refractivity contribution in [2.45, 2.75) is 142 Å². The SMILES string of the molecule is C=C(OC1C[C@@H](C(=O)CC(CCCC)C(=O)NS(=O)(=O)C2CC2)N(C(=O)[C@H](CCC(=O)C=C(C)C)CC(=O)OC(C)(C)C)C1)N1Cc2cccc(F)c2C1. The largest absolute Gasteiger partial charge is 0.474 e. The van der Waals surface area contributed by atoms with Gasteiger partial charge in [-0.2, -0.15) is 0 Å². The molecular formula is C40H56FN3O9S. The van der Waals surface area contributed by atoms with E-state index in [1.54, 1.807) is 45.6 Å². The van der Waals surface area contributed by atoms with Crippen LogP contribution in [0.5, 0.6) is 0 Å². The van der Waals surface area contributed by atoms with Crippen LogP contribution in [0.2, 0.25) is 0 Å². The maximum Gasteiger partial charge on any atom is 0.307 e. The molecule has 4 rings (SSSR count). The lowest BCUT2D eigenvalue weighted by Gasteiger charge is -2.29. The predicted molar refractivity (Wildman–Crippen MR) is 200 cm³/mol. The summed E-state index contributed by atoms with van der Waals surface area (Å²) in [7, 11) is -3.85. The number of halogens is 1. The first-order chi connectivity index (χ1) is 25.3. The Hall–Kier alpha value is -4.07. The molecule has 1 N–H and O–H groups in total. The van der Waals surface area contributed by atoms with Crippen LogP contribution < -0.4 is 4.72 Å². The Kier molecular flexibility index (Phi) is 14.3. The standard InChI is InChI=1S/C40H56FN3O9S/c1-8-9-11-27(38(48)42-54(50,51)32-16-17-32)19-36(46)35-21-31(52-26(4)43-22-29-12-10-13-34(41)33(29)24-43)23-44(35)39(49)28(14-15-30(45)18-25(2)3)20-37(47)53-40(5,6)7/h10,12-13,18,27-28,31-32,35H,4,8-9,11,14-17,19-24H2,1-3,5-7H3,(H,42,48)/t27?,28-,31?,35+/m1/s1. The van der Waals surface area contributed by atoms with Crippen molar-refractivity contribution >= 4 is 39.4 Å². The van der Waals surface area contributed by atoms with Gasteiger partial charge in [0.1, 0.15) is 17.5 Å². The molecule has 2 aliphatic heterocycles. The van der Waals surface area contributed by atoms with Gasteiger partial charge in [-0.25, -0.2) is 12.8 Å². The van der Waals surface area contributed by atoms with Crippen LogP contribution in [0.3, 0.4) is 0 Å². The number of unbranched alkanes of at least 4 members (excludes halogenated alkanes) is 1. The Balaban J connectivity index is 1.59. The highest BCUT2D eigenvalue weighted by atomic mass is 32.2. The first kappa shape index (κ1) is 42.7. The number of hydrogen-bond donors (Lipinski definition) is 1. The van der Waals surface area contributed by atoms with Gasteiger partial charge in [-0.3, -0.25) is 28.7 Å². The first-order valence-corrected chi connectivity index (χ1v) is 20.5. The van der Waals surface area contributed by atoms with Gasteiger partial charge in [0.25, 0.3) is 0 Å². The van der Waals surface area contributed by atoms with Crippen LogP contribution in [0, 0.1) is 17.7 Å². The fourth-order valence-corrected chi connectivity index (χ4v) is 8.31. The van der Waals surface area contributed by atoms with Crippen LogP contribution >= 0.6 is 0 Å². The molecule has 3 aliphatic rings. The summed E-state index contributed by atoms with van der Waals surface area (Å²) in [6, 6.07) is 3.77. The Morgan fingerprint density at radius 3 is 2.37 bits per heavy atom. The summed E-state index contributed by atoms with van der Waals surface area (Å²) >= 11 is 0. The second-order valence-electron chi connectivity index (χ2n) is 16.0. The molecule has 1 aromatic rings. The number of ketones is 2. The molecule has 1 aromatic carbocycles. The number of carbonyl (C=O) groups is 5. The van der Waals surface area contributed by atoms with Gasteiger partial charge in [0.05, 0.1) is 24.3 Å². The highest BCUT2D eigenvalue weighted by Crippen LogP contribution is 2.33. The molecule has 1 aliphatic carbocycles. The number of hydrogen-bond acceptors (Lipinski definition) is 10. The van der Waals surface area contributed by atoms with Crippen LogP contribution in [-0.2, 0) is 56.6 Å². The third-order valence-corrected chi connectivity index (χ3v) is 11.6. The number of likely N-dealkylation sites (tertiary alicyclic amines) is 1. The summed E-state index contributed by atoms with van der Waals surface area (Å²) < 4.78 is 53.8. The number of fused-ring (bicyclic) bond motifs is 1. The number of esters is 1. The fraction of sp³-hybridized carbons (Fsp3) is 0.625. The third-order valence-electron chi connectivity index (χ3n) is 9.80. The number of benzene rings is 1. The lowest BCUT2D eigenvalue weighted by molar-refractivity contribution is -0.159. The Bertz CT molecular complexity index is 1740. The van der Waals surface area contributed by atoms with Crippen molar-refractivity contribution in [3.05, 3.63) is 59.3 Å². The number of carbonyl (C=O) groups excluding carboxylic acids is 5. The van der Waals surface area contributed by atoms with Crippen molar-refractivity contribution in [3.8, 4) is 0 Å². The molecule has 4 atom stereocenters. The average Bonchev–Trinajstić information content (AvgIpc) is 3.71. The van der Waals surface area contributed by atoms with Gasteiger partial charge < -0.3 is 19.3 Å². The van der Waals surface area contributed by atoms with Gasteiger partial charge in [-0.1, -0.05) is 37.5 Å². The Labute approximate surface area is 318 Å². The minimum atomic E-state index is -3.85. The zero-order valence-corrected chi connectivity index (χ0v) is 33.3. The van der Waals surface area contributed by atoms with E-state index in [0.29, 0.717) is 37.8 Å². The molecule has 0 spiro atoms. The van der Waals surface area contributed by atoms with Crippen LogP contribution in [0.15, 0.2) is 42.3 Å². The van der Waals surface area contributed by atoms with Crippen LogP contribution in [0.25, 0.3) is 0 Å². The summed E-state index contributed by atoms with van der Waals surface area (Å²) in [6.07, 6.45) is 2.64. The second kappa shape index (κ2) is 18.0. The van der Waals surface area contributed by atoms with E-state index >= 15 is 0 Å². The summed E-state index contributed by atoms with van der Waals surface area (Å²) in [6.45, 7) is 15.2. The highest BCUT2D eigenvalue weighted by molar-refractivity contribution is 7.90. The van der Waals surface area contributed by atoms with E-state index < -0.39 is 68.4 Å². The minimum absolute atomic E-state index is 0.0195. The molecule has 2 heterocycles. The topological polar surface area (TPSA) is 156 Å². The Morgan fingerprint density at radius 1 is 1.06 bits per heavy atom. The molecule has 0 aromatic heterocycles. The van der Waals surface area contributed by atoms with Gasteiger partial charge in [-0.05, 0) is 84.6 Å². The van der Waals surface area contributed by atoms with Crippen molar-refractivity contribution in [1.82, 2.24) is 14.5 Å². The number of amides is 2. The third kappa shape index (κ3) is 12.0. The van der Waals surface area contributed by atoms with Crippen LogP contribution in [0.1, 0.15) is 117 Å². The predicted octanol–water partition coefficient (Wildman–Crippen LogP) is 5.64. The number of rotatable bonds is 19. The number of sulfonamides is 1. The summed E-state index contributed by atoms with van der Waals surface area (Å²) in [5, 5.41) is -0.622. The van der Waals surface area contributed by atoms with E-state index in [1.807, 2.05) is 13.0 Å². The molecule has 298 valence electrons. The number of Topliss-reactive ketones (excluding diaryl/α,β-unsaturated/α-hetero) is 1. The molecule has 54 heavy (non-hydrogen) atoms. The first-order valence-electron chi connectivity index (χ1n) is 18.9. The molecule has 1 saturated heterocycles. The van der Waals surface area contributed by atoms with Crippen LogP contribution in [0.4, 0.5) is 4.39 Å². The fourth-order valence-electron chi connectivity index (χ4n) is 6.94. The second-order valence-corrected chi connectivity index (χ2v) is 18.0. The molecule has 2 amide bonds. The number of ether oxygens (including phenoxy) is 2. The number of nitrogens with one attached hydrogen (secondary N) is 1. The normalized spacial score (nSPS) is 19.4. The smallest absolute Gasteiger partial charge is 0.307 e. The minimum Gasteiger partial charge on any atom is -0.474 e. The quantitative estimate of drug-likeness (QED) is 0.106. The van der Waals surface area contributed by atoms with Crippen molar-refractivity contribution in [2.24, 2.45) is 11.8 Å². The van der Waals surface area contributed by atoms with Crippen molar-refractivity contribution in [1.29, 1.82) is 0 Å². The van der Waals surface area contributed by atoms with E-state index in [2.05, 4.69) is 11.3 Å². The van der Waals surface area contributed by atoms with Gasteiger partial charge in [0.15, 0.2) is 17.4 Å². The lowest BCUT2D eigenvalue weighted by atomic mass is 9.91. The van der Waals surface area contributed by atoms with E-state index in [0.717, 1.165) is 11.1 Å². The van der Waals surface area contributed by atoms with Crippen LogP contribution in [-0.4, -0.2) is 77.1 Å². The number of nitrogens with zero attached hydrogens (tertiary/aromatic N) is 2. The lowest BCUT2D eigenvalue weighted by Crippen LogP contribution is -2.46. The highest BCUT2D eigenvalue weighted by Gasteiger charge is 2.45. The molecule has 2 unspecified atom stereocenters. The maximum atomic E-state index is 14.5. The maximum absolute atomic E-state index is 14.5. The van der Waals surface area contributed by atoms with E-state index in [4.69, 9.17) is 9.47 Å². The van der Waals surface area contributed by atoms with Gasteiger partial charge in [-0.15, -0.1) is 0 Å². The molecule has 14 heteroatoms. The van der Waals surface area contributed by atoms with Gasteiger partial charge in [0.2, 0.25) is 21.8 Å².